The molecule has 0 bridgehead atoms. The van der Waals surface area contributed by atoms with Gasteiger partial charge in [0.25, 0.3) is 0 Å². The zero-order chi connectivity index (χ0) is 16.7. The fraction of sp³-hybridized carbons (Fsp3) is 0.278. The molecule has 0 aliphatic heterocycles. The van der Waals surface area contributed by atoms with Gasteiger partial charge in [-0.2, -0.15) is 0 Å². The average molecular weight is 334 g/mol. The molecule has 4 nitrogen and oxygen atoms in total. The van der Waals surface area contributed by atoms with E-state index in [0.717, 1.165) is 5.56 Å². The maximum Gasteiger partial charge on any atom is 0.184 e. The third kappa shape index (κ3) is 4.62. The van der Waals surface area contributed by atoms with Gasteiger partial charge in [-0.25, -0.2) is 0 Å². The second kappa shape index (κ2) is 8.79. The van der Waals surface area contributed by atoms with E-state index >= 15 is 0 Å². The third-order valence-electron chi connectivity index (χ3n) is 3.63. The number of rotatable bonds is 8. The molecule has 0 spiro atoms. The molecule has 2 N–H and O–H groups in total. The Kier molecular flexibility index (Phi) is 6.74. The zero-order valence-corrected chi connectivity index (χ0v) is 13.5. The predicted octanol–water partition coefficient (Wildman–Crippen LogP) is 2.55. The first-order chi connectivity index (χ1) is 11.2. The van der Waals surface area contributed by atoms with Crippen LogP contribution in [-0.4, -0.2) is 47.2 Å². The standard InChI is InChI=1S/C18H20ClNO3/c19-16-8-6-15(7-9-16)18(23)17(14-4-2-1-3-5-14)20(10-12-21)11-13-22/h1-9,17,21-22H,10-13H2. The average Bonchev–Trinajstić information content (AvgIpc) is 2.57. The number of halogens is 1. The normalized spacial score (nSPS) is 12.3. The molecule has 0 saturated carbocycles. The number of carbonyl (C=O) groups excluding carboxylic acids is 1. The van der Waals surface area contributed by atoms with Gasteiger partial charge < -0.3 is 10.2 Å². The van der Waals surface area contributed by atoms with E-state index < -0.39 is 6.04 Å². The first-order valence-corrected chi connectivity index (χ1v) is 7.85. The highest BCUT2D eigenvalue weighted by Gasteiger charge is 2.27. The number of Topliss-reactive ketones (excluding diaryl/α,β-unsaturated/α-hetero) is 1. The zero-order valence-electron chi connectivity index (χ0n) is 12.7. The van der Waals surface area contributed by atoms with Crippen LogP contribution in [0.1, 0.15) is 22.0 Å². The van der Waals surface area contributed by atoms with Gasteiger partial charge in [-0.3, -0.25) is 9.69 Å². The van der Waals surface area contributed by atoms with Crippen molar-refractivity contribution >= 4 is 17.4 Å². The molecule has 0 fully saturated rings. The first kappa shape index (κ1) is 17.6. The van der Waals surface area contributed by atoms with Crippen LogP contribution in [0.25, 0.3) is 0 Å². The van der Waals surface area contributed by atoms with Crippen molar-refractivity contribution in [3.63, 3.8) is 0 Å². The van der Waals surface area contributed by atoms with E-state index in [4.69, 9.17) is 11.6 Å². The van der Waals surface area contributed by atoms with Gasteiger partial charge in [0.05, 0.1) is 19.3 Å². The maximum atomic E-state index is 13.0. The van der Waals surface area contributed by atoms with Crippen molar-refractivity contribution in [3.8, 4) is 0 Å². The molecule has 0 saturated heterocycles. The highest BCUT2D eigenvalue weighted by atomic mass is 35.5. The molecule has 0 aromatic heterocycles. The minimum absolute atomic E-state index is 0.0861. The molecule has 2 aromatic carbocycles. The molecule has 2 rings (SSSR count). The molecule has 0 radical (unpaired) electrons. The first-order valence-electron chi connectivity index (χ1n) is 7.48. The van der Waals surface area contributed by atoms with Crippen LogP contribution in [0.5, 0.6) is 0 Å². The van der Waals surface area contributed by atoms with E-state index in [1.807, 2.05) is 30.3 Å². The van der Waals surface area contributed by atoms with Gasteiger partial charge in [-0.05, 0) is 29.8 Å². The van der Waals surface area contributed by atoms with Gasteiger partial charge in [0, 0.05) is 23.7 Å². The lowest BCUT2D eigenvalue weighted by Crippen LogP contribution is -2.38. The Hall–Kier alpha value is -1.72. The molecular weight excluding hydrogens is 314 g/mol. The number of hydrogen-bond acceptors (Lipinski definition) is 4. The molecular formula is C18H20ClNO3. The Morgan fingerprint density at radius 1 is 0.957 bits per heavy atom. The van der Waals surface area contributed by atoms with Gasteiger partial charge in [0.15, 0.2) is 5.78 Å². The molecule has 23 heavy (non-hydrogen) atoms. The minimum Gasteiger partial charge on any atom is -0.395 e. The lowest BCUT2D eigenvalue weighted by Gasteiger charge is -2.30. The molecule has 2 aromatic rings. The Labute approximate surface area is 140 Å². The van der Waals surface area contributed by atoms with Crippen molar-refractivity contribution in [2.75, 3.05) is 26.3 Å². The number of benzene rings is 2. The lowest BCUT2D eigenvalue weighted by molar-refractivity contribution is 0.0739. The van der Waals surface area contributed by atoms with Gasteiger partial charge in [-0.15, -0.1) is 0 Å². The molecule has 5 heteroatoms. The highest BCUT2D eigenvalue weighted by molar-refractivity contribution is 6.30. The van der Waals surface area contributed by atoms with Crippen LogP contribution in [0.3, 0.4) is 0 Å². The topological polar surface area (TPSA) is 60.8 Å². The van der Waals surface area contributed by atoms with E-state index in [9.17, 15) is 15.0 Å². The largest absolute Gasteiger partial charge is 0.395 e. The Morgan fingerprint density at radius 2 is 1.52 bits per heavy atom. The minimum atomic E-state index is -0.559. The van der Waals surface area contributed by atoms with Crippen LogP contribution in [0.4, 0.5) is 0 Å². The number of ketones is 1. The van der Waals surface area contributed by atoms with Crippen LogP contribution in [0.2, 0.25) is 5.02 Å². The Bertz CT molecular complexity index is 610. The van der Waals surface area contributed by atoms with Crippen molar-refractivity contribution < 1.29 is 15.0 Å². The quantitative estimate of drug-likeness (QED) is 0.729. The Morgan fingerprint density at radius 3 is 2.04 bits per heavy atom. The van der Waals surface area contributed by atoms with Crippen molar-refractivity contribution in [2.45, 2.75) is 6.04 Å². The molecule has 0 amide bonds. The summed E-state index contributed by atoms with van der Waals surface area (Å²) in [7, 11) is 0. The molecule has 1 unspecified atom stereocenters. The molecule has 0 aliphatic carbocycles. The number of nitrogens with zero attached hydrogens (tertiary/aromatic N) is 1. The van der Waals surface area contributed by atoms with Gasteiger partial charge >= 0.3 is 0 Å². The van der Waals surface area contributed by atoms with E-state index in [1.165, 1.54) is 0 Å². The van der Waals surface area contributed by atoms with E-state index in [-0.39, 0.29) is 19.0 Å². The van der Waals surface area contributed by atoms with Crippen molar-refractivity contribution in [2.24, 2.45) is 0 Å². The Balaban J connectivity index is 2.39. The van der Waals surface area contributed by atoms with Gasteiger partial charge in [-0.1, -0.05) is 41.9 Å². The van der Waals surface area contributed by atoms with Crippen LogP contribution in [0, 0.1) is 0 Å². The molecule has 0 heterocycles. The fourth-order valence-electron chi connectivity index (χ4n) is 2.56. The second-order valence-electron chi connectivity index (χ2n) is 5.17. The summed E-state index contributed by atoms with van der Waals surface area (Å²) in [6, 6.07) is 15.6. The van der Waals surface area contributed by atoms with Crippen molar-refractivity contribution in [3.05, 3.63) is 70.7 Å². The summed E-state index contributed by atoms with van der Waals surface area (Å²) in [5, 5.41) is 19.2. The summed E-state index contributed by atoms with van der Waals surface area (Å²) in [6.07, 6.45) is 0. The van der Waals surface area contributed by atoms with Crippen LogP contribution >= 0.6 is 11.6 Å². The second-order valence-corrected chi connectivity index (χ2v) is 5.60. The van der Waals surface area contributed by atoms with Crippen LogP contribution in [-0.2, 0) is 0 Å². The van der Waals surface area contributed by atoms with Crippen molar-refractivity contribution in [1.29, 1.82) is 0 Å². The van der Waals surface area contributed by atoms with Crippen molar-refractivity contribution in [1.82, 2.24) is 4.90 Å². The monoisotopic (exact) mass is 333 g/mol. The molecule has 122 valence electrons. The summed E-state index contributed by atoms with van der Waals surface area (Å²) in [5.74, 6) is -0.0882. The van der Waals surface area contributed by atoms with E-state index in [2.05, 4.69) is 0 Å². The number of hydrogen-bond donors (Lipinski definition) is 2. The lowest BCUT2D eigenvalue weighted by atomic mass is 9.96. The number of carbonyl (C=O) groups is 1. The highest BCUT2D eigenvalue weighted by Crippen LogP contribution is 2.25. The third-order valence-corrected chi connectivity index (χ3v) is 3.88. The molecule has 1 atom stereocenters. The van der Waals surface area contributed by atoms with Crippen LogP contribution < -0.4 is 0 Å². The fourth-order valence-corrected chi connectivity index (χ4v) is 2.69. The summed E-state index contributed by atoms with van der Waals surface area (Å²) in [5.41, 5.74) is 1.37. The summed E-state index contributed by atoms with van der Waals surface area (Å²) >= 11 is 5.89. The summed E-state index contributed by atoms with van der Waals surface area (Å²) in [6.45, 7) is 0.438. The summed E-state index contributed by atoms with van der Waals surface area (Å²) in [4.78, 5) is 14.8. The number of aliphatic hydroxyl groups excluding tert-OH is 2. The predicted molar refractivity (Wildman–Crippen MR) is 90.7 cm³/mol. The molecule has 0 aliphatic rings. The SMILES string of the molecule is O=C(c1ccc(Cl)cc1)C(c1ccccc1)N(CCO)CCO. The smallest absolute Gasteiger partial charge is 0.184 e. The number of aliphatic hydroxyl groups is 2. The van der Waals surface area contributed by atoms with Gasteiger partial charge in [0.2, 0.25) is 0 Å². The summed E-state index contributed by atoms with van der Waals surface area (Å²) < 4.78 is 0. The maximum absolute atomic E-state index is 13.0. The van der Waals surface area contributed by atoms with E-state index in [1.54, 1.807) is 29.2 Å². The van der Waals surface area contributed by atoms with E-state index in [0.29, 0.717) is 23.7 Å². The van der Waals surface area contributed by atoms with Gasteiger partial charge in [0.1, 0.15) is 0 Å². The van der Waals surface area contributed by atoms with Crippen LogP contribution in [0.15, 0.2) is 54.6 Å².